The number of aromatic nitrogens is 1. The first kappa shape index (κ1) is 21.9. The van der Waals surface area contributed by atoms with Crippen molar-refractivity contribution in [3.8, 4) is 32.8 Å². The van der Waals surface area contributed by atoms with E-state index in [2.05, 4.69) is 116 Å². The Morgan fingerprint density at radius 1 is 0.595 bits per heavy atom. The van der Waals surface area contributed by atoms with E-state index in [1.165, 1.54) is 43.6 Å². The summed E-state index contributed by atoms with van der Waals surface area (Å²) in [6.45, 7) is 2.12. The quantitative estimate of drug-likeness (QED) is 0.236. The highest BCUT2D eigenvalue weighted by Crippen LogP contribution is 2.37. The molecule has 0 aliphatic carbocycles. The molecule has 1 aliphatic rings. The van der Waals surface area contributed by atoms with Gasteiger partial charge in [-0.25, -0.2) is 4.98 Å². The molecule has 1 aromatic heterocycles. The first-order valence-electron chi connectivity index (χ1n) is 12.6. The Labute approximate surface area is 220 Å². The molecule has 0 radical (unpaired) electrons. The fourth-order valence-corrected chi connectivity index (χ4v) is 6.19. The van der Waals surface area contributed by atoms with Gasteiger partial charge >= 0.3 is 0 Å². The maximum atomic E-state index is 5.06. The first-order chi connectivity index (χ1) is 18.2. The lowest BCUT2D eigenvalue weighted by molar-refractivity contribution is 1.19. The molecule has 0 bridgehead atoms. The van der Waals surface area contributed by atoms with Gasteiger partial charge in [-0.15, -0.1) is 11.3 Å². The number of rotatable bonds is 2. The largest absolute Gasteiger partial charge is 0.253 e. The summed E-state index contributed by atoms with van der Waals surface area (Å²) in [5.74, 6) is 0. The Kier molecular flexibility index (Phi) is 5.30. The number of thiazole rings is 1. The van der Waals surface area contributed by atoms with E-state index >= 15 is 0 Å². The van der Waals surface area contributed by atoms with Gasteiger partial charge in [0.15, 0.2) is 0 Å². The molecule has 0 atom stereocenters. The molecular formula is C34H24N2S. The van der Waals surface area contributed by atoms with E-state index in [4.69, 9.17) is 9.98 Å². The molecule has 7 rings (SSSR count). The van der Waals surface area contributed by atoms with Crippen molar-refractivity contribution in [2.24, 2.45) is 4.99 Å². The molecule has 5 aromatic carbocycles. The van der Waals surface area contributed by atoms with Gasteiger partial charge in [-0.1, -0.05) is 91.0 Å². The average Bonchev–Trinajstić information content (AvgIpc) is 3.40. The Morgan fingerprint density at radius 3 is 2.16 bits per heavy atom. The van der Waals surface area contributed by atoms with Crippen LogP contribution in [0.1, 0.15) is 23.6 Å². The molecule has 0 fully saturated rings. The molecule has 0 spiro atoms. The minimum absolute atomic E-state index is 0.865. The van der Waals surface area contributed by atoms with Gasteiger partial charge in [0, 0.05) is 23.3 Å². The molecule has 3 heteroatoms. The van der Waals surface area contributed by atoms with Gasteiger partial charge < -0.3 is 0 Å². The minimum Gasteiger partial charge on any atom is -0.253 e. The van der Waals surface area contributed by atoms with E-state index in [0.29, 0.717) is 0 Å². The van der Waals surface area contributed by atoms with Crippen molar-refractivity contribution in [2.75, 3.05) is 0 Å². The van der Waals surface area contributed by atoms with Crippen LogP contribution in [0.5, 0.6) is 0 Å². The van der Waals surface area contributed by atoms with E-state index in [1.807, 2.05) is 6.07 Å². The lowest BCUT2D eigenvalue weighted by Gasteiger charge is -2.15. The Bertz CT molecular complexity index is 1780. The summed E-state index contributed by atoms with van der Waals surface area (Å²) < 4.78 is 1.22. The molecule has 176 valence electrons. The number of aliphatic imine (C=N–C) groups is 1. The van der Waals surface area contributed by atoms with Crippen LogP contribution in [-0.4, -0.2) is 10.7 Å². The van der Waals surface area contributed by atoms with Crippen LogP contribution in [-0.2, 0) is 6.42 Å². The van der Waals surface area contributed by atoms with Crippen molar-refractivity contribution in [2.45, 2.75) is 13.3 Å². The first-order valence-corrected chi connectivity index (χ1v) is 13.4. The molecule has 0 amide bonds. The smallest absolute Gasteiger partial charge is 0.124 e. The predicted octanol–water partition coefficient (Wildman–Crippen LogP) is 9.34. The van der Waals surface area contributed by atoms with E-state index in [9.17, 15) is 0 Å². The van der Waals surface area contributed by atoms with Crippen molar-refractivity contribution >= 4 is 33.0 Å². The summed E-state index contributed by atoms with van der Waals surface area (Å²) in [6.07, 6.45) is 0.865. The predicted molar refractivity (Wildman–Crippen MR) is 157 cm³/mol. The van der Waals surface area contributed by atoms with Crippen LogP contribution in [0.25, 0.3) is 43.0 Å². The molecule has 2 heterocycles. The van der Waals surface area contributed by atoms with E-state index in [1.54, 1.807) is 11.3 Å². The molecule has 0 N–H and O–H groups in total. The van der Waals surface area contributed by atoms with E-state index in [-0.39, 0.29) is 0 Å². The van der Waals surface area contributed by atoms with Gasteiger partial charge in [-0.2, -0.15) is 0 Å². The summed E-state index contributed by atoms with van der Waals surface area (Å²) in [5.41, 5.74) is 13.0. The molecule has 0 saturated heterocycles. The van der Waals surface area contributed by atoms with E-state index in [0.717, 1.165) is 33.9 Å². The molecule has 1 aliphatic heterocycles. The normalized spacial score (nSPS) is 12.5. The number of hydrogen-bond acceptors (Lipinski definition) is 3. The third-order valence-electron chi connectivity index (χ3n) is 7.14. The van der Waals surface area contributed by atoms with Gasteiger partial charge in [-0.05, 0) is 64.6 Å². The monoisotopic (exact) mass is 492 g/mol. The third kappa shape index (κ3) is 3.98. The number of para-hydroxylation sites is 2. The molecular weight excluding hydrogens is 468 g/mol. The van der Waals surface area contributed by atoms with Crippen LogP contribution >= 0.6 is 11.3 Å². The van der Waals surface area contributed by atoms with Gasteiger partial charge in [0.2, 0.25) is 0 Å². The standard InChI is InChI=1S/C34H24N2S/c1-22-28-19-18-25(23-14-16-24(17-15-23)34-36-32-12-6-7-13-33(32)37-34)21-30(28)29-10-4-2-8-26(29)20-27-9-3-5-11-31(27)35-22/h2-19,21H,20H2,1H3. The van der Waals surface area contributed by atoms with Crippen molar-refractivity contribution in [1.29, 1.82) is 0 Å². The topological polar surface area (TPSA) is 25.2 Å². The lowest BCUT2D eigenvalue weighted by Crippen LogP contribution is -1.99. The summed E-state index contributed by atoms with van der Waals surface area (Å²) in [4.78, 5) is 9.89. The SMILES string of the molecule is CC1=Nc2ccccc2Cc2ccccc2-c2cc(-c3ccc(-c4nc5ccccc5s4)cc3)ccc21. The minimum atomic E-state index is 0.865. The Hall–Kier alpha value is -4.34. The fourth-order valence-electron chi connectivity index (χ4n) is 5.22. The second-order valence-electron chi connectivity index (χ2n) is 9.48. The zero-order chi connectivity index (χ0) is 24.8. The molecule has 6 aromatic rings. The van der Waals surface area contributed by atoms with Gasteiger partial charge in [0.25, 0.3) is 0 Å². The van der Waals surface area contributed by atoms with E-state index < -0.39 is 0 Å². The molecule has 0 saturated carbocycles. The number of benzene rings is 5. The van der Waals surface area contributed by atoms with Crippen molar-refractivity contribution in [3.63, 3.8) is 0 Å². The second kappa shape index (κ2) is 8.95. The number of hydrogen-bond donors (Lipinski definition) is 0. The third-order valence-corrected chi connectivity index (χ3v) is 8.22. The van der Waals surface area contributed by atoms with Crippen LogP contribution in [0.3, 0.4) is 0 Å². The maximum absolute atomic E-state index is 5.06. The van der Waals surface area contributed by atoms with Crippen molar-refractivity contribution < 1.29 is 0 Å². The van der Waals surface area contributed by atoms with Gasteiger partial charge in [-0.3, -0.25) is 4.99 Å². The molecule has 2 nitrogen and oxygen atoms in total. The Balaban J connectivity index is 1.32. The molecule has 37 heavy (non-hydrogen) atoms. The van der Waals surface area contributed by atoms with Crippen LogP contribution in [0, 0.1) is 0 Å². The van der Waals surface area contributed by atoms with Gasteiger partial charge in [0.05, 0.1) is 15.9 Å². The highest BCUT2D eigenvalue weighted by molar-refractivity contribution is 7.21. The summed E-state index contributed by atoms with van der Waals surface area (Å²) in [6, 6.07) is 41.1. The van der Waals surface area contributed by atoms with Crippen LogP contribution < -0.4 is 0 Å². The fraction of sp³-hybridized carbons (Fsp3) is 0.0588. The summed E-state index contributed by atoms with van der Waals surface area (Å²) in [7, 11) is 0. The summed E-state index contributed by atoms with van der Waals surface area (Å²) in [5, 5.41) is 1.06. The van der Waals surface area contributed by atoms with Gasteiger partial charge in [0.1, 0.15) is 5.01 Å². The maximum Gasteiger partial charge on any atom is 0.124 e. The van der Waals surface area contributed by atoms with Crippen LogP contribution in [0.4, 0.5) is 5.69 Å². The zero-order valence-corrected chi connectivity index (χ0v) is 21.3. The van der Waals surface area contributed by atoms with Crippen LogP contribution in [0.2, 0.25) is 0 Å². The van der Waals surface area contributed by atoms with Crippen molar-refractivity contribution in [3.05, 3.63) is 132 Å². The lowest BCUT2D eigenvalue weighted by atomic mass is 9.89. The highest BCUT2D eigenvalue weighted by atomic mass is 32.1. The number of fused-ring (bicyclic) bond motifs is 5. The zero-order valence-electron chi connectivity index (χ0n) is 20.5. The summed E-state index contributed by atoms with van der Waals surface area (Å²) >= 11 is 1.74. The highest BCUT2D eigenvalue weighted by Gasteiger charge is 2.17. The molecule has 0 unspecified atom stereocenters. The van der Waals surface area contributed by atoms with Crippen LogP contribution in [0.15, 0.2) is 120 Å². The average molecular weight is 493 g/mol. The van der Waals surface area contributed by atoms with Crippen molar-refractivity contribution in [1.82, 2.24) is 4.98 Å². The second-order valence-corrected chi connectivity index (χ2v) is 10.5. The number of nitrogens with zero attached hydrogens (tertiary/aromatic N) is 2. The Morgan fingerprint density at radius 2 is 1.30 bits per heavy atom.